The summed E-state index contributed by atoms with van der Waals surface area (Å²) in [4.78, 5) is 2.31. The van der Waals surface area contributed by atoms with Crippen molar-refractivity contribution in [2.24, 2.45) is 5.92 Å². The maximum absolute atomic E-state index is 3.66. The summed E-state index contributed by atoms with van der Waals surface area (Å²) in [6.45, 7) is 10.2. The molecule has 0 aromatic heterocycles. The van der Waals surface area contributed by atoms with Gasteiger partial charge in [0.05, 0.1) is 0 Å². The maximum Gasteiger partial charge on any atom is 0.0212 e. The van der Waals surface area contributed by atoms with Crippen molar-refractivity contribution in [2.75, 3.05) is 20.6 Å². The van der Waals surface area contributed by atoms with E-state index in [0.717, 1.165) is 12.5 Å². The molecule has 0 heterocycles. The minimum absolute atomic E-state index is 0.669. The van der Waals surface area contributed by atoms with E-state index in [1.54, 1.807) is 0 Å². The molecule has 0 aromatic rings. The first-order valence-electron chi connectivity index (χ1n) is 5.92. The molecule has 0 saturated heterocycles. The first-order valence-corrected chi connectivity index (χ1v) is 5.92. The molecule has 2 heteroatoms. The molecule has 2 nitrogen and oxygen atoms in total. The van der Waals surface area contributed by atoms with Crippen molar-refractivity contribution in [3.05, 3.63) is 0 Å². The molecule has 0 aliphatic heterocycles. The number of nitrogens with one attached hydrogen (secondary N) is 1. The highest BCUT2D eigenvalue weighted by atomic mass is 15.1. The van der Waals surface area contributed by atoms with Crippen LogP contribution in [0.15, 0.2) is 0 Å². The molecule has 0 bridgehead atoms. The van der Waals surface area contributed by atoms with E-state index in [1.807, 2.05) is 0 Å². The monoisotopic (exact) mass is 200 g/mol. The van der Waals surface area contributed by atoms with E-state index in [4.69, 9.17) is 0 Å². The molecule has 86 valence electrons. The van der Waals surface area contributed by atoms with E-state index in [2.05, 4.69) is 52.0 Å². The predicted molar refractivity (Wildman–Crippen MR) is 64.7 cm³/mol. The second-order valence-electron chi connectivity index (χ2n) is 4.69. The van der Waals surface area contributed by atoms with Crippen LogP contribution in [0, 0.1) is 5.92 Å². The quantitative estimate of drug-likeness (QED) is 0.678. The summed E-state index contributed by atoms with van der Waals surface area (Å²) < 4.78 is 0. The van der Waals surface area contributed by atoms with Gasteiger partial charge >= 0.3 is 0 Å². The summed E-state index contributed by atoms with van der Waals surface area (Å²) in [5.41, 5.74) is 0. The topological polar surface area (TPSA) is 15.3 Å². The van der Waals surface area contributed by atoms with Crippen LogP contribution in [0.5, 0.6) is 0 Å². The Hall–Kier alpha value is -0.0800. The molecule has 2 atom stereocenters. The van der Waals surface area contributed by atoms with Crippen LogP contribution in [-0.2, 0) is 0 Å². The van der Waals surface area contributed by atoms with Crippen LogP contribution in [0.4, 0.5) is 0 Å². The molecule has 0 rings (SSSR count). The Morgan fingerprint density at radius 2 is 1.64 bits per heavy atom. The number of hydrogen-bond acceptors (Lipinski definition) is 2. The van der Waals surface area contributed by atoms with E-state index in [9.17, 15) is 0 Å². The molecule has 14 heavy (non-hydrogen) atoms. The second-order valence-corrected chi connectivity index (χ2v) is 4.69. The highest BCUT2D eigenvalue weighted by Gasteiger charge is 2.13. The van der Waals surface area contributed by atoms with E-state index in [0.29, 0.717) is 12.1 Å². The summed E-state index contributed by atoms with van der Waals surface area (Å²) in [7, 11) is 4.32. The Balaban J connectivity index is 3.88. The number of likely N-dealkylation sites (N-methyl/N-ethyl adjacent to an activating group) is 1. The Labute approximate surface area is 90.1 Å². The van der Waals surface area contributed by atoms with Gasteiger partial charge in [-0.25, -0.2) is 0 Å². The average Bonchev–Trinajstić information content (AvgIpc) is 2.11. The highest BCUT2D eigenvalue weighted by molar-refractivity contribution is 4.74. The fourth-order valence-electron chi connectivity index (χ4n) is 1.83. The minimum atomic E-state index is 0.669. The van der Waals surface area contributed by atoms with E-state index >= 15 is 0 Å². The second kappa shape index (κ2) is 7.24. The fourth-order valence-corrected chi connectivity index (χ4v) is 1.83. The molecule has 0 aromatic carbocycles. The van der Waals surface area contributed by atoms with Crippen molar-refractivity contribution in [3.63, 3.8) is 0 Å². The number of nitrogens with zero attached hydrogens (tertiary/aromatic N) is 1. The highest BCUT2D eigenvalue weighted by Crippen LogP contribution is 2.06. The molecular weight excluding hydrogens is 172 g/mol. The van der Waals surface area contributed by atoms with E-state index in [-0.39, 0.29) is 0 Å². The Morgan fingerprint density at radius 1 is 1.07 bits per heavy atom. The van der Waals surface area contributed by atoms with Gasteiger partial charge in [0.15, 0.2) is 0 Å². The Kier molecular flexibility index (Phi) is 7.20. The van der Waals surface area contributed by atoms with Crippen LogP contribution in [-0.4, -0.2) is 37.6 Å². The fraction of sp³-hybridized carbons (Fsp3) is 1.00. The predicted octanol–water partition coefficient (Wildman–Crippen LogP) is 2.35. The zero-order valence-corrected chi connectivity index (χ0v) is 10.8. The molecule has 0 aliphatic rings. The summed E-state index contributed by atoms with van der Waals surface area (Å²) in [5.74, 6) is 0.736. The lowest BCUT2D eigenvalue weighted by Crippen LogP contribution is -2.43. The molecule has 0 aliphatic carbocycles. The average molecular weight is 200 g/mol. The number of rotatable bonds is 7. The van der Waals surface area contributed by atoms with Gasteiger partial charge in [-0.2, -0.15) is 0 Å². The Morgan fingerprint density at radius 3 is 1.93 bits per heavy atom. The SMILES string of the molecule is CCC(NCC(CC)N(C)C)C(C)C. The minimum Gasteiger partial charge on any atom is -0.312 e. The first kappa shape index (κ1) is 13.9. The van der Waals surface area contributed by atoms with Crippen LogP contribution in [0.2, 0.25) is 0 Å². The van der Waals surface area contributed by atoms with Gasteiger partial charge in [-0.3, -0.25) is 0 Å². The van der Waals surface area contributed by atoms with E-state index < -0.39 is 0 Å². The van der Waals surface area contributed by atoms with E-state index in [1.165, 1.54) is 12.8 Å². The zero-order chi connectivity index (χ0) is 11.1. The molecular formula is C12H28N2. The van der Waals surface area contributed by atoms with Crippen molar-refractivity contribution in [3.8, 4) is 0 Å². The van der Waals surface area contributed by atoms with Crippen molar-refractivity contribution >= 4 is 0 Å². The van der Waals surface area contributed by atoms with Gasteiger partial charge < -0.3 is 10.2 Å². The Bertz CT molecular complexity index is 116. The summed E-state index contributed by atoms with van der Waals surface area (Å²) in [5, 5.41) is 3.66. The third-order valence-corrected chi connectivity index (χ3v) is 3.06. The van der Waals surface area contributed by atoms with Crippen LogP contribution >= 0.6 is 0 Å². The van der Waals surface area contributed by atoms with Crippen molar-refractivity contribution in [2.45, 2.75) is 52.6 Å². The van der Waals surface area contributed by atoms with Gasteiger partial charge in [0.1, 0.15) is 0 Å². The first-order chi connectivity index (χ1) is 6.52. The van der Waals surface area contributed by atoms with Crippen molar-refractivity contribution in [1.29, 1.82) is 0 Å². The van der Waals surface area contributed by atoms with Crippen LogP contribution < -0.4 is 5.32 Å². The van der Waals surface area contributed by atoms with Crippen LogP contribution in [0.1, 0.15) is 40.5 Å². The molecule has 2 unspecified atom stereocenters. The maximum atomic E-state index is 3.66. The molecule has 0 saturated carbocycles. The summed E-state index contributed by atoms with van der Waals surface area (Å²) in [6.07, 6.45) is 2.44. The molecule has 0 radical (unpaired) electrons. The summed E-state index contributed by atoms with van der Waals surface area (Å²) >= 11 is 0. The zero-order valence-electron chi connectivity index (χ0n) is 10.8. The summed E-state index contributed by atoms with van der Waals surface area (Å²) in [6, 6.07) is 1.34. The van der Waals surface area contributed by atoms with Gasteiger partial charge in [0.25, 0.3) is 0 Å². The standard InChI is InChI=1S/C12H28N2/c1-7-11(14(5)6)9-13-12(8-2)10(3)4/h10-13H,7-9H2,1-6H3. The normalized spacial score (nSPS) is 16.3. The number of hydrogen-bond donors (Lipinski definition) is 1. The third kappa shape index (κ3) is 4.97. The van der Waals surface area contributed by atoms with Crippen LogP contribution in [0.25, 0.3) is 0 Å². The molecule has 0 spiro atoms. The molecule has 1 N–H and O–H groups in total. The smallest absolute Gasteiger partial charge is 0.0212 e. The van der Waals surface area contributed by atoms with Gasteiger partial charge in [0.2, 0.25) is 0 Å². The van der Waals surface area contributed by atoms with Crippen molar-refractivity contribution < 1.29 is 0 Å². The lowest BCUT2D eigenvalue weighted by Gasteiger charge is -2.27. The molecule has 0 fully saturated rings. The third-order valence-electron chi connectivity index (χ3n) is 3.06. The lowest BCUT2D eigenvalue weighted by atomic mass is 10.0. The van der Waals surface area contributed by atoms with Gasteiger partial charge in [-0.05, 0) is 32.9 Å². The molecule has 0 amide bonds. The van der Waals surface area contributed by atoms with Gasteiger partial charge in [-0.15, -0.1) is 0 Å². The van der Waals surface area contributed by atoms with Gasteiger partial charge in [-0.1, -0.05) is 27.7 Å². The largest absolute Gasteiger partial charge is 0.312 e. The van der Waals surface area contributed by atoms with Crippen LogP contribution in [0.3, 0.4) is 0 Å². The van der Waals surface area contributed by atoms with Crippen molar-refractivity contribution in [1.82, 2.24) is 10.2 Å². The van der Waals surface area contributed by atoms with Gasteiger partial charge in [0, 0.05) is 18.6 Å². The lowest BCUT2D eigenvalue weighted by molar-refractivity contribution is 0.255.